The molecule has 0 radical (unpaired) electrons. The fourth-order valence-electron chi connectivity index (χ4n) is 2.69. The minimum atomic E-state index is -0.560. The molecule has 0 atom stereocenters. The van der Waals surface area contributed by atoms with E-state index < -0.39 is 5.91 Å². The second-order valence-electron chi connectivity index (χ2n) is 5.46. The van der Waals surface area contributed by atoms with Gasteiger partial charge in [-0.3, -0.25) is 9.79 Å². The number of primary amides is 1. The highest BCUT2D eigenvalue weighted by Crippen LogP contribution is 2.22. The van der Waals surface area contributed by atoms with Crippen molar-refractivity contribution in [2.75, 3.05) is 38.1 Å². The van der Waals surface area contributed by atoms with Crippen molar-refractivity contribution in [3.63, 3.8) is 0 Å². The Morgan fingerprint density at radius 3 is 2.71 bits per heavy atom. The monoisotopic (exact) mass is 347 g/mol. The maximum atomic E-state index is 11.1. The van der Waals surface area contributed by atoms with Crippen LogP contribution < -0.4 is 16.0 Å². The molecule has 0 bridgehead atoms. The molecule has 1 amide bonds. The number of hydrogen-bond donors (Lipinski definition) is 2. The summed E-state index contributed by atoms with van der Waals surface area (Å²) < 4.78 is 5.38. The molecule has 0 aromatic carbocycles. The van der Waals surface area contributed by atoms with E-state index in [4.69, 9.17) is 10.2 Å². The van der Waals surface area contributed by atoms with Crippen LogP contribution >= 0.6 is 11.3 Å². The van der Waals surface area contributed by atoms with Crippen LogP contribution in [0.2, 0.25) is 0 Å². The third-order valence-electron chi connectivity index (χ3n) is 3.93. The summed E-state index contributed by atoms with van der Waals surface area (Å²) in [4.78, 5) is 20.0. The Labute approximate surface area is 144 Å². The third kappa shape index (κ3) is 3.70. The highest BCUT2D eigenvalue weighted by molar-refractivity contribution is 7.14. The number of anilines is 1. The van der Waals surface area contributed by atoms with Crippen LogP contribution in [-0.4, -0.2) is 50.0 Å². The van der Waals surface area contributed by atoms with Crippen LogP contribution in [-0.2, 0) is 6.54 Å². The third-order valence-corrected chi connectivity index (χ3v) is 4.86. The van der Waals surface area contributed by atoms with Crippen molar-refractivity contribution in [1.82, 2.24) is 10.2 Å². The number of rotatable bonds is 4. The van der Waals surface area contributed by atoms with Crippen molar-refractivity contribution in [3.8, 4) is 0 Å². The van der Waals surface area contributed by atoms with Gasteiger partial charge in [-0.1, -0.05) is 0 Å². The predicted molar refractivity (Wildman–Crippen MR) is 95.5 cm³/mol. The number of aliphatic imine (C=N–C) groups is 1. The van der Waals surface area contributed by atoms with Gasteiger partial charge in [-0.05, 0) is 29.6 Å². The van der Waals surface area contributed by atoms with Gasteiger partial charge in [-0.2, -0.15) is 0 Å². The van der Waals surface area contributed by atoms with E-state index in [0.717, 1.165) is 32.1 Å². The number of carbonyl (C=O) groups excluding carboxylic acids is 1. The summed E-state index contributed by atoms with van der Waals surface area (Å²) in [5.41, 5.74) is 5.19. The zero-order valence-electron chi connectivity index (χ0n) is 13.6. The zero-order chi connectivity index (χ0) is 16.9. The van der Waals surface area contributed by atoms with Crippen LogP contribution in [0.25, 0.3) is 0 Å². The molecular formula is C16H21N5O2S. The number of piperazine rings is 1. The van der Waals surface area contributed by atoms with Gasteiger partial charge in [0.25, 0.3) is 5.91 Å². The SMILES string of the molecule is CN=C(NCc1ccc(C(N)=O)o1)N1CCN(c2cccs2)CC1. The molecule has 0 saturated carbocycles. The van der Waals surface area contributed by atoms with E-state index in [0.29, 0.717) is 12.3 Å². The first kappa shape index (κ1) is 16.4. The first-order valence-corrected chi connectivity index (χ1v) is 8.68. The summed E-state index contributed by atoms with van der Waals surface area (Å²) in [5.74, 6) is 1.10. The molecule has 0 aliphatic carbocycles. The molecule has 128 valence electrons. The molecule has 3 heterocycles. The highest BCUT2D eigenvalue weighted by Gasteiger charge is 2.20. The second-order valence-corrected chi connectivity index (χ2v) is 6.38. The number of nitrogens with zero attached hydrogens (tertiary/aromatic N) is 3. The minimum Gasteiger partial charge on any atom is -0.454 e. The second kappa shape index (κ2) is 7.39. The molecule has 0 unspecified atom stereocenters. The average molecular weight is 347 g/mol. The summed E-state index contributed by atoms with van der Waals surface area (Å²) in [6, 6.07) is 7.56. The molecule has 2 aromatic rings. The minimum absolute atomic E-state index is 0.173. The Morgan fingerprint density at radius 1 is 1.33 bits per heavy atom. The van der Waals surface area contributed by atoms with Crippen LogP contribution in [0.1, 0.15) is 16.3 Å². The van der Waals surface area contributed by atoms with Crippen molar-refractivity contribution in [1.29, 1.82) is 0 Å². The van der Waals surface area contributed by atoms with Crippen LogP contribution in [0.15, 0.2) is 39.1 Å². The van der Waals surface area contributed by atoms with E-state index in [2.05, 4.69) is 37.6 Å². The summed E-state index contributed by atoms with van der Waals surface area (Å²) >= 11 is 1.77. The van der Waals surface area contributed by atoms with Crippen molar-refractivity contribution in [2.24, 2.45) is 10.7 Å². The molecule has 1 aliphatic rings. The van der Waals surface area contributed by atoms with Gasteiger partial charge in [0.15, 0.2) is 11.7 Å². The number of furan rings is 1. The molecule has 2 aromatic heterocycles. The lowest BCUT2D eigenvalue weighted by atomic mass is 10.3. The fourth-order valence-corrected chi connectivity index (χ4v) is 3.48. The number of amides is 1. The first-order chi connectivity index (χ1) is 11.7. The summed E-state index contributed by atoms with van der Waals surface area (Å²) in [7, 11) is 1.77. The number of thiophene rings is 1. The van der Waals surface area contributed by atoms with Crippen LogP contribution in [0.4, 0.5) is 5.00 Å². The maximum Gasteiger partial charge on any atom is 0.284 e. The number of guanidine groups is 1. The van der Waals surface area contributed by atoms with E-state index in [9.17, 15) is 4.79 Å². The number of carbonyl (C=O) groups is 1. The van der Waals surface area contributed by atoms with Gasteiger partial charge in [0.05, 0.1) is 11.5 Å². The van der Waals surface area contributed by atoms with Gasteiger partial charge in [-0.15, -0.1) is 11.3 Å². The highest BCUT2D eigenvalue weighted by atomic mass is 32.1. The Kier molecular flexibility index (Phi) is 5.05. The first-order valence-electron chi connectivity index (χ1n) is 7.80. The lowest BCUT2D eigenvalue weighted by Gasteiger charge is -2.36. The molecule has 8 heteroatoms. The molecule has 7 nitrogen and oxygen atoms in total. The molecular weight excluding hydrogens is 326 g/mol. The Bertz CT molecular complexity index is 702. The van der Waals surface area contributed by atoms with Crippen molar-refractivity contribution in [2.45, 2.75) is 6.54 Å². The number of hydrogen-bond acceptors (Lipinski definition) is 5. The Hall–Kier alpha value is -2.48. The predicted octanol–water partition coefficient (Wildman–Crippen LogP) is 1.34. The average Bonchev–Trinajstić information content (AvgIpc) is 3.28. The van der Waals surface area contributed by atoms with Gasteiger partial charge in [0.2, 0.25) is 0 Å². The van der Waals surface area contributed by atoms with Gasteiger partial charge >= 0.3 is 0 Å². The van der Waals surface area contributed by atoms with Gasteiger partial charge in [0.1, 0.15) is 5.76 Å². The molecule has 24 heavy (non-hydrogen) atoms. The van der Waals surface area contributed by atoms with Gasteiger partial charge in [0, 0.05) is 33.2 Å². The molecule has 3 N–H and O–H groups in total. The Morgan fingerprint density at radius 2 is 2.12 bits per heavy atom. The normalized spacial score (nSPS) is 15.6. The molecule has 0 spiro atoms. The quantitative estimate of drug-likeness (QED) is 0.644. The fraction of sp³-hybridized carbons (Fsp3) is 0.375. The lowest BCUT2D eigenvalue weighted by molar-refractivity contribution is 0.0972. The molecule has 1 aliphatic heterocycles. The zero-order valence-corrected chi connectivity index (χ0v) is 14.4. The maximum absolute atomic E-state index is 11.1. The van der Waals surface area contributed by atoms with Crippen molar-refractivity contribution < 1.29 is 9.21 Å². The van der Waals surface area contributed by atoms with E-state index >= 15 is 0 Å². The summed E-state index contributed by atoms with van der Waals surface area (Å²) in [6.45, 7) is 4.21. The van der Waals surface area contributed by atoms with E-state index in [-0.39, 0.29) is 5.76 Å². The van der Waals surface area contributed by atoms with E-state index in [1.54, 1.807) is 30.5 Å². The van der Waals surface area contributed by atoms with Crippen LogP contribution in [0, 0.1) is 0 Å². The lowest BCUT2D eigenvalue weighted by Crippen LogP contribution is -2.52. The van der Waals surface area contributed by atoms with E-state index in [1.807, 2.05) is 0 Å². The van der Waals surface area contributed by atoms with Crippen molar-refractivity contribution in [3.05, 3.63) is 41.2 Å². The Balaban J connectivity index is 1.52. The smallest absolute Gasteiger partial charge is 0.284 e. The van der Waals surface area contributed by atoms with E-state index in [1.165, 1.54) is 5.00 Å². The number of nitrogens with two attached hydrogens (primary N) is 1. The largest absolute Gasteiger partial charge is 0.454 e. The van der Waals surface area contributed by atoms with Gasteiger partial charge in [-0.25, -0.2) is 0 Å². The molecule has 1 saturated heterocycles. The topological polar surface area (TPSA) is 87.1 Å². The standard InChI is InChI=1S/C16H21N5O2S/c1-18-16(19-11-12-4-5-13(23-12)15(17)22)21-8-6-20(7-9-21)14-3-2-10-24-14/h2-5,10H,6-9,11H2,1H3,(H2,17,22)(H,18,19). The van der Waals surface area contributed by atoms with Crippen LogP contribution in [0.5, 0.6) is 0 Å². The van der Waals surface area contributed by atoms with Crippen molar-refractivity contribution >= 4 is 28.2 Å². The summed E-state index contributed by atoms with van der Waals surface area (Å²) in [6.07, 6.45) is 0. The number of nitrogens with one attached hydrogen (secondary N) is 1. The molecule has 3 rings (SSSR count). The van der Waals surface area contributed by atoms with Crippen LogP contribution in [0.3, 0.4) is 0 Å². The summed E-state index contributed by atoms with van der Waals surface area (Å²) in [5, 5.41) is 6.69. The van der Waals surface area contributed by atoms with Gasteiger partial charge < -0.3 is 25.3 Å². The molecule has 1 fully saturated rings.